The molecule has 6 rings (SSSR count). The van der Waals surface area contributed by atoms with E-state index in [4.69, 9.17) is 11.6 Å². The molecule has 4 saturated carbocycles. The van der Waals surface area contributed by atoms with Crippen LogP contribution in [0.15, 0.2) is 12.4 Å². The summed E-state index contributed by atoms with van der Waals surface area (Å²) in [6.07, 6.45) is 11.8. The van der Waals surface area contributed by atoms with E-state index >= 15 is 0 Å². The maximum Gasteiger partial charge on any atom is 0.237 e. The van der Waals surface area contributed by atoms with Gasteiger partial charge in [0, 0.05) is 17.6 Å². The minimum absolute atomic E-state index is 0.0116. The van der Waals surface area contributed by atoms with E-state index in [9.17, 15) is 10.1 Å². The van der Waals surface area contributed by atoms with Crippen LogP contribution in [0, 0.1) is 23.2 Å². The maximum atomic E-state index is 12.8. The lowest BCUT2D eigenvalue weighted by atomic mass is 9.50. The number of rotatable bonds is 5. The summed E-state index contributed by atoms with van der Waals surface area (Å²) >= 11 is 6.04. The number of nitrogens with zero attached hydrogens (tertiary/aromatic N) is 4. The first kappa shape index (κ1) is 19.1. The Labute approximate surface area is 176 Å². The Hall–Kier alpha value is -1.91. The van der Waals surface area contributed by atoms with E-state index in [1.165, 1.54) is 6.42 Å². The van der Waals surface area contributed by atoms with Crippen LogP contribution >= 0.6 is 11.6 Å². The largest absolute Gasteiger partial charge is 0.363 e. The molecule has 0 aromatic carbocycles. The third kappa shape index (κ3) is 3.57. The van der Waals surface area contributed by atoms with Crippen molar-refractivity contribution in [1.29, 1.82) is 5.26 Å². The summed E-state index contributed by atoms with van der Waals surface area (Å²) in [5, 5.41) is 17.0. The second kappa shape index (κ2) is 7.10. The second-order valence-electron chi connectivity index (χ2n) is 9.60. The predicted molar refractivity (Wildman–Crippen MR) is 109 cm³/mol. The van der Waals surface area contributed by atoms with Gasteiger partial charge in [0.25, 0.3) is 0 Å². The van der Waals surface area contributed by atoms with Crippen LogP contribution in [-0.4, -0.2) is 51.0 Å². The third-order valence-corrected chi connectivity index (χ3v) is 7.58. The summed E-state index contributed by atoms with van der Waals surface area (Å²) in [7, 11) is 0. The van der Waals surface area contributed by atoms with Crippen molar-refractivity contribution in [2.75, 3.05) is 18.4 Å². The number of nitrogens with one attached hydrogen (secondary N) is 2. The summed E-state index contributed by atoms with van der Waals surface area (Å²) in [5.74, 6) is 2.13. The van der Waals surface area contributed by atoms with Gasteiger partial charge in [-0.3, -0.25) is 9.78 Å². The molecule has 4 bridgehead atoms. The van der Waals surface area contributed by atoms with E-state index in [0.29, 0.717) is 30.1 Å². The van der Waals surface area contributed by atoms with Crippen molar-refractivity contribution < 1.29 is 4.79 Å². The van der Waals surface area contributed by atoms with Crippen LogP contribution in [-0.2, 0) is 4.79 Å². The smallest absolute Gasteiger partial charge is 0.237 e. The van der Waals surface area contributed by atoms with Gasteiger partial charge in [0.1, 0.15) is 17.0 Å². The molecule has 0 radical (unpaired) electrons. The number of halogens is 1. The molecule has 3 atom stereocenters. The molecule has 3 unspecified atom stereocenters. The first-order valence-electron chi connectivity index (χ1n) is 10.7. The molecule has 7 nitrogen and oxygen atoms in total. The van der Waals surface area contributed by atoms with E-state index in [1.54, 1.807) is 17.3 Å². The van der Waals surface area contributed by atoms with Crippen molar-refractivity contribution >= 4 is 23.3 Å². The Bertz CT molecular complexity index is 840. The Balaban J connectivity index is 1.30. The lowest BCUT2D eigenvalue weighted by Crippen LogP contribution is -2.67. The molecule has 1 aliphatic heterocycles. The lowest BCUT2D eigenvalue weighted by molar-refractivity contribution is -0.131. The number of likely N-dealkylation sites (tertiary alicyclic amines) is 1. The van der Waals surface area contributed by atoms with Crippen LogP contribution < -0.4 is 10.6 Å². The molecule has 5 aliphatic rings. The SMILES string of the molecule is N#CC1CCCN1C(=O)CNC12CC3CC(C1)CC(Nc1cncc(Cl)n1)(C3)C2. The molecule has 154 valence electrons. The summed E-state index contributed by atoms with van der Waals surface area (Å²) in [6.45, 7) is 1.03. The molecule has 0 spiro atoms. The van der Waals surface area contributed by atoms with Crippen molar-refractivity contribution in [3.05, 3.63) is 17.5 Å². The molecular weight excluding hydrogens is 388 g/mol. The first-order chi connectivity index (χ1) is 14.0. The molecule has 8 heteroatoms. The summed E-state index contributed by atoms with van der Waals surface area (Å²) in [4.78, 5) is 23.1. The number of hydrogen-bond donors (Lipinski definition) is 2. The Morgan fingerprint density at radius 2 is 2.03 bits per heavy atom. The molecule has 29 heavy (non-hydrogen) atoms. The second-order valence-corrected chi connectivity index (χ2v) is 9.99. The van der Waals surface area contributed by atoms with Gasteiger partial charge in [-0.05, 0) is 63.2 Å². The van der Waals surface area contributed by atoms with Gasteiger partial charge in [-0.25, -0.2) is 4.98 Å². The highest BCUT2D eigenvalue weighted by atomic mass is 35.5. The van der Waals surface area contributed by atoms with Crippen molar-refractivity contribution in [3.63, 3.8) is 0 Å². The van der Waals surface area contributed by atoms with E-state index < -0.39 is 0 Å². The van der Waals surface area contributed by atoms with Crippen LogP contribution in [0.4, 0.5) is 5.82 Å². The third-order valence-electron chi connectivity index (χ3n) is 7.40. The first-order valence-corrected chi connectivity index (χ1v) is 11.1. The fourth-order valence-electron chi connectivity index (χ4n) is 6.85. The van der Waals surface area contributed by atoms with Gasteiger partial charge in [0.2, 0.25) is 5.91 Å². The average Bonchev–Trinajstić information content (AvgIpc) is 3.13. The van der Waals surface area contributed by atoms with Crippen LogP contribution in [0.1, 0.15) is 51.4 Å². The normalized spacial score (nSPS) is 37.5. The average molecular weight is 415 g/mol. The number of hydrogen-bond acceptors (Lipinski definition) is 6. The zero-order chi connectivity index (χ0) is 20.1. The van der Waals surface area contributed by atoms with Gasteiger partial charge in [-0.15, -0.1) is 0 Å². The summed E-state index contributed by atoms with van der Waals surface area (Å²) < 4.78 is 0. The zero-order valence-electron chi connectivity index (χ0n) is 16.5. The summed E-state index contributed by atoms with van der Waals surface area (Å²) in [6, 6.07) is 2.02. The van der Waals surface area contributed by atoms with Crippen molar-refractivity contribution in [2.24, 2.45) is 11.8 Å². The molecule has 2 heterocycles. The van der Waals surface area contributed by atoms with Gasteiger partial charge in [-0.1, -0.05) is 11.6 Å². The predicted octanol–water partition coefficient (Wildman–Crippen LogP) is 2.74. The van der Waals surface area contributed by atoms with Gasteiger partial charge in [-0.2, -0.15) is 5.26 Å². The monoisotopic (exact) mass is 414 g/mol. The van der Waals surface area contributed by atoms with Gasteiger partial charge in [0.15, 0.2) is 0 Å². The Kier molecular flexibility index (Phi) is 4.67. The van der Waals surface area contributed by atoms with Gasteiger partial charge in [0.05, 0.1) is 25.0 Å². The highest BCUT2D eigenvalue weighted by Crippen LogP contribution is 2.58. The number of aromatic nitrogens is 2. The maximum absolute atomic E-state index is 12.8. The van der Waals surface area contributed by atoms with Crippen LogP contribution in [0.2, 0.25) is 5.15 Å². The topological polar surface area (TPSA) is 93.9 Å². The Morgan fingerprint density at radius 3 is 2.76 bits per heavy atom. The molecular formula is C21H27ClN6O. The molecule has 1 amide bonds. The van der Waals surface area contributed by atoms with Crippen LogP contribution in [0.3, 0.4) is 0 Å². The Morgan fingerprint density at radius 1 is 1.28 bits per heavy atom. The molecule has 1 aromatic heterocycles. The van der Waals surface area contributed by atoms with Gasteiger partial charge >= 0.3 is 0 Å². The van der Waals surface area contributed by atoms with Gasteiger partial charge < -0.3 is 15.5 Å². The van der Waals surface area contributed by atoms with Crippen LogP contribution in [0.5, 0.6) is 0 Å². The van der Waals surface area contributed by atoms with E-state index in [1.807, 2.05) is 0 Å². The van der Waals surface area contributed by atoms with Crippen molar-refractivity contribution in [1.82, 2.24) is 20.2 Å². The number of amides is 1. The molecule has 1 saturated heterocycles. The van der Waals surface area contributed by atoms with E-state index in [-0.39, 0.29) is 23.0 Å². The quantitative estimate of drug-likeness (QED) is 0.769. The molecule has 5 fully saturated rings. The fraction of sp³-hybridized carbons (Fsp3) is 0.714. The number of nitriles is 1. The molecule has 1 aromatic rings. The van der Waals surface area contributed by atoms with E-state index in [0.717, 1.165) is 50.8 Å². The number of anilines is 1. The minimum atomic E-state index is -0.255. The van der Waals surface area contributed by atoms with E-state index in [2.05, 4.69) is 26.7 Å². The van der Waals surface area contributed by atoms with Crippen molar-refractivity contribution in [3.8, 4) is 6.07 Å². The highest BCUT2D eigenvalue weighted by Gasteiger charge is 2.58. The number of carbonyl (C=O) groups is 1. The van der Waals surface area contributed by atoms with Crippen molar-refractivity contribution in [2.45, 2.75) is 68.5 Å². The zero-order valence-corrected chi connectivity index (χ0v) is 17.3. The summed E-state index contributed by atoms with van der Waals surface area (Å²) in [5.41, 5.74) is -0.0249. The molecule has 2 N–H and O–H groups in total. The standard InChI is InChI=1S/C21H27ClN6O/c22-17-10-24-11-18(26-17)27-21-7-14-4-15(8-21)6-20(5-14,13-21)25-12-19(29)28-3-1-2-16(28)9-23/h10-11,14-16,25H,1-8,12-13H2,(H,26,27). The lowest BCUT2D eigenvalue weighted by Gasteiger charge is -2.62. The molecule has 4 aliphatic carbocycles. The van der Waals surface area contributed by atoms with Crippen LogP contribution in [0.25, 0.3) is 0 Å². The number of carbonyl (C=O) groups excluding carboxylic acids is 1. The highest BCUT2D eigenvalue weighted by molar-refractivity contribution is 6.29. The minimum Gasteiger partial charge on any atom is -0.363 e. The fourth-order valence-corrected chi connectivity index (χ4v) is 7.00.